The number of aromatic nitrogens is 1. The van der Waals surface area contributed by atoms with E-state index < -0.39 is 10.0 Å². The third-order valence-electron chi connectivity index (χ3n) is 3.25. The number of pyridine rings is 1. The smallest absolute Gasteiger partial charge is 0.263 e. The van der Waals surface area contributed by atoms with Gasteiger partial charge in [-0.3, -0.25) is 9.52 Å². The van der Waals surface area contributed by atoms with Crippen molar-refractivity contribution in [2.45, 2.75) is 23.1 Å². The van der Waals surface area contributed by atoms with Crippen LogP contribution in [0, 0.1) is 6.92 Å². The lowest BCUT2D eigenvalue weighted by atomic mass is 10.3. The molecule has 0 saturated carbocycles. The van der Waals surface area contributed by atoms with Crippen LogP contribution in [-0.4, -0.2) is 25.1 Å². The lowest BCUT2D eigenvalue weighted by Gasteiger charge is -2.11. The quantitative estimate of drug-likeness (QED) is 0.889. The van der Waals surface area contributed by atoms with E-state index in [2.05, 4.69) is 15.0 Å². The van der Waals surface area contributed by atoms with Crippen LogP contribution >= 0.6 is 11.8 Å². The lowest BCUT2D eigenvalue weighted by molar-refractivity contribution is -0.115. The maximum atomic E-state index is 12.5. The molecular formula is C15H15N3O3S2. The minimum Gasteiger partial charge on any atom is -0.325 e. The molecule has 0 bridgehead atoms. The molecule has 0 aliphatic carbocycles. The number of rotatable bonds is 3. The number of amides is 1. The molecule has 0 spiro atoms. The van der Waals surface area contributed by atoms with Crippen LogP contribution in [0.4, 0.5) is 11.5 Å². The van der Waals surface area contributed by atoms with Crippen LogP contribution in [0.1, 0.15) is 12.1 Å². The topological polar surface area (TPSA) is 88.2 Å². The summed E-state index contributed by atoms with van der Waals surface area (Å²) in [5.74, 6) is 0.827. The van der Waals surface area contributed by atoms with Gasteiger partial charge >= 0.3 is 0 Å². The number of carbonyl (C=O) groups is 1. The van der Waals surface area contributed by atoms with Gasteiger partial charge in [0.1, 0.15) is 5.82 Å². The zero-order valence-electron chi connectivity index (χ0n) is 12.4. The fourth-order valence-corrected chi connectivity index (χ4v) is 4.13. The molecule has 1 aliphatic rings. The molecular weight excluding hydrogens is 334 g/mol. The van der Waals surface area contributed by atoms with Gasteiger partial charge in [0.25, 0.3) is 10.0 Å². The van der Waals surface area contributed by atoms with Crippen molar-refractivity contribution < 1.29 is 13.2 Å². The minimum atomic E-state index is -3.77. The molecule has 0 fully saturated rings. The number of fused-ring (bicyclic) bond motifs is 1. The molecule has 0 unspecified atom stereocenters. The highest BCUT2D eigenvalue weighted by atomic mass is 32.2. The van der Waals surface area contributed by atoms with Gasteiger partial charge in [0, 0.05) is 22.8 Å². The van der Waals surface area contributed by atoms with Crippen molar-refractivity contribution in [3.05, 3.63) is 42.1 Å². The number of carbonyl (C=O) groups excluding carboxylic acids is 1. The van der Waals surface area contributed by atoms with Gasteiger partial charge in [-0.25, -0.2) is 13.4 Å². The molecule has 3 rings (SSSR count). The molecule has 1 aromatic carbocycles. The number of anilines is 2. The number of thioether (sulfide) groups is 1. The first-order valence-electron chi connectivity index (χ1n) is 6.97. The molecule has 1 aliphatic heterocycles. The van der Waals surface area contributed by atoms with E-state index in [1.165, 1.54) is 23.9 Å². The van der Waals surface area contributed by atoms with Gasteiger partial charge < -0.3 is 5.32 Å². The predicted molar refractivity (Wildman–Crippen MR) is 90.2 cm³/mol. The van der Waals surface area contributed by atoms with Crippen LogP contribution in [0.5, 0.6) is 0 Å². The fourth-order valence-electron chi connectivity index (χ4n) is 2.16. The summed E-state index contributed by atoms with van der Waals surface area (Å²) < 4.78 is 27.4. The maximum Gasteiger partial charge on any atom is 0.263 e. The van der Waals surface area contributed by atoms with Gasteiger partial charge in [0.2, 0.25) is 5.91 Å². The van der Waals surface area contributed by atoms with Crippen LogP contribution in [0.3, 0.4) is 0 Å². The van der Waals surface area contributed by atoms with Gasteiger partial charge in [0.15, 0.2) is 0 Å². The first-order valence-corrected chi connectivity index (χ1v) is 9.44. The number of benzene rings is 1. The molecule has 120 valence electrons. The van der Waals surface area contributed by atoms with E-state index in [4.69, 9.17) is 0 Å². The molecule has 2 N–H and O–H groups in total. The third-order valence-corrected chi connectivity index (χ3v) is 5.68. The Kier molecular flexibility index (Phi) is 4.27. The van der Waals surface area contributed by atoms with Gasteiger partial charge in [-0.2, -0.15) is 0 Å². The molecule has 1 amide bonds. The Hall–Kier alpha value is -2.06. The molecule has 0 saturated heterocycles. The maximum absolute atomic E-state index is 12.5. The van der Waals surface area contributed by atoms with Crippen molar-refractivity contribution in [1.82, 2.24) is 4.98 Å². The highest BCUT2D eigenvalue weighted by Crippen LogP contribution is 2.32. The number of nitrogens with zero attached hydrogens (tertiary/aromatic N) is 1. The summed E-state index contributed by atoms with van der Waals surface area (Å²) in [5, 5.41) is 2.74. The number of nitrogens with one attached hydrogen (secondary N) is 2. The van der Waals surface area contributed by atoms with Crippen molar-refractivity contribution >= 4 is 39.2 Å². The summed E-state index contributed by atoms with van der Waals surface area (Å²) in [5.41, 5.74) is 1.24. The molecule has 2 heterocycles. The van der Waals surface area contributed by atoms with Crippen LogP contribution in [0.2, 0.25) is 0 Å². The van der Waals surface area contributed by atoms with Crippen molar-refractivity contribution in [2.24, 2.45) is 0 Å². The minimum absolute atomic E-state index is 0.0855. The summed E-state index contributed by atoms with van der Waals surface area (Å²) >= 11 is 1.53. The van der Waals surface area contributed by atoms with Gasteiger partial charge in [-0.15, -0.1) is 11.8 Å². The molecule has 2 aromatic rings. The van der Waals surface area contributed by atoms with Crippen molar-refractivity contribution in [3.63, 3.8) is 0 Å². The second-order valence-electron chi connectivity index (χ2n) is 5.07. The van der Waals surface area contributed by atoms with Gasteiger partial charge in [0.05, 0.1) is 10.6 Å². The summed E-state index contributed by atoms with van der Waals surface area (Å²) in [6.45, 7) is 1.78. The van der Waals surface area contributed by atoms with Crippen molar-refractivity contribution in [2.75, 3.05) is 15.8 Å². The Morgan fingerprint density at radius 2 is 2.09 bits per heavy atom. The van der Waals surface area contributed by atoms with E-state index >= 15 is 0 Å². The Bertz CT molecular complexity index is 866. The van der Waals surface area contributed by atoms with Crippen LogP contribution < -0.4 is 10.0 Å². The average molecular weight is 349 g/mol. The first-order chi connectivity index (χ1) is 10.9. The summed E-state index contributed by atoms with van der Waals surface area (Å²) in [6, 6.07) is 9.82. The Morgan fingerprint density at radius 3 is 2.87 bits per heavy atom. The second-order valence-corrected chi connectivity index (χ2v) is 7.89. The predicted octanol–water partition coefficient (Wildman–Crippen LogP) is 2.63. The third kappa shape index (κ3) is 3.65. The van der Waals surface area contributed by atoms with Gasteiger partial charge in [-0.1, -0.05) is 6.07 Å². The Labute approximate surface area is 138 Å². The highest BCUT2D eigenvalue weighted by Gasteiger charge is 2.19. The fraction of sp³-hybridized carbons (Fsp3) is 0.200. The molecule has 0 atom stereocenters. The summed E-state index contributed by atoms with van der Waals surface area (Å²) in [4.78, 5) is 16.7. The first kappa shape index (κ1) is 15.8. The van der Waals surface area contributed by atoms with Crippen molar-refractivity contribution in [1.29, 1.82) is 0 Å². The highest BCUT2D eigenvalue weighted by molar-refractivity contribution is 7.99. The van der Waals surface area contributed by atoms with E-state index in [1.807, 2.05) is 0 Å². The molecule has 0 radical (unpaired) electrons. The normalized spacial score (nSPS) is 14.6. The second kappa shape index (κ2) is 6.21. The summed E-state index contributed by atoms with van der Waals surface area (Å²) in [7, 11) is -3.77. The Balaban J connectivity index is 1.93. The zero-order chi connectivity index (χ0) is 16.4. The van der Waals surface area contributed by atoms with E-state index in [0.29, 0.717) is 17.9 Å². The van der Waals surface area contributed by atoms with Crippen LogP contribution in [-0.2, 0) is 14.8 Å². The van der Waals surface area contributed by atoms with E-state index in [0.717, 1.165) is 10.6 Å². The summed E-state index contributed by atoms with van der Waals surface area (Å²) in [6.07, 6.45) is 0.410. The molecule has 23 heavy (non-hydrogen) atoms. The molecule has 1 aromatic heterocycles. The van der Waals surface area contributed by atoms with E-state index in [-0.39, 0.29) is 16.6 Å². The number of hydrogen-bond acceptors (Lipinski definition) is 5. The van der Waals surface area contributed by atoms with Crippen LogP contribution in [0.15, 0.2) is 46.2 Å². The number of sulfonamides is 1. The van der Waals surface area contributed by atoms with Crippen molar-refractivity contribution in [3.8, 4) is 0 Å². The molecule has 6 nitrogen and oxygen atoms in total. The van der Waals surface area contributed by atoms with Gasteiger partial charge in [-0.05, 0) is 37.3 Å². The Morgan fingerprint density at radius 1 is 1.26 bits per heavy atom. The van der Waals surface area contributed by atoms with E-state index in [1.54, 1.807) is 31.2 Å². The zero-order valence-corrected chi connectivity index (χ0v) is 14.0. The number of aryl methyl sites for hydroxylation is 1. The monoisotopic (exact) mass is 349 g/mol. The van der Waals surface area contributed by atoms with Crippen LogP contribution in [0.25, 0.3) is 0 Å². The SMILES string of the molecule is Cc1cccc(NS(=O)(=O)c2ccc3c(c2)NC(=O)CCS3)n1. The molecule has 8 heteroatoms. The lowest BCUT2D eigenvalue weighted by Crippen LogP contribution is -2.15. The standard InChI is InChI=1S/C15H15N3O3S2/c1-10-3-2-4-14(16-10)18-23(20,21)11-5-6-13-12(9-11)17-15(19)7-8-22-13/h2-6,9H,7-8H2,1H3,(H,16,18)(H,17,19). The number of hydrogen-bond donors (Lipinski definition) is 2. The van der Waals surface area contributed by atoms with E-state index in [9.17, 15) is 13.2 Å². The average Bonchev–Trinajstić information content (AvgIpc) is 2.66. The largest absolute Gasteiger partial charge is 0.325 e.